The molecule has 28 heavy (non-hydrogen) atoms. The van der Waals surface area contributed by atoms with Gasteiger partial charge in [0.15, 0.2) is 21.3 Å². The number of carbonyl (C=O) groups excluding carboxylic acids is 2. The van der Waals surface area contributed by atoms with E-state index in [9.17, 15) is 27.9 Å². The minimum atomic E-state index is -3.95. The average Bonchev–Trinajstić information content (AvgIpc) is 2.78. The number of fused-ring (bicyclic) bond motifs is 1. The van der Waals surface area contributed by atoms with Crippen molar-refractivity contribution >= 4 is 33.8 Å². The minimum absolute atomic E-state index is 0.0497. The first-order valence-electron chi connectivity index (χ1n) is 8.28. The van der Waals surface area contributed by atoms with Crippen molar-refractivity contribution in [1.82, 2.24) is 9.88 Å². The molecule has 2 fully saturated rings. The second kappa shape index (κ2) is 6.55. The zero-order valence-electron chi connectivity index (χ0n) is 15.2. The average molecular weight is 406 g/mol. The molecule has 3 heterocycles. The van der Waals surface area contributed by atoms with E-state index in [0.29, 0.717) is 0 Å². The third-order valence-electron chi connectivity index (χ3n) is 4.86. The number of hydrogen-bond donors (Lipinski definition) is 1. The molecule has 0 spiro atoms. The SMILES string of the molecule is C=CCOC(=O)c1ccc(C=C2C(=O)N3[C@@H](C(=O)O)C(C)(C)S(=O)(=O)[C@H]23)nc1. The van der Waals surface area contributed by atoms with Crippen LogP contribution < -0.4 is 0 Å². The first kappa shape index (κ1) is 19.7. The Morgan fingerprint density at radius 2 is 2.07 bits per heavy atom. The summed E-state index contributed by atoms with van der Waals surface area (Å²) < 4.78 is 28.8. The second-order valence-electron chi connectivity index (χ2n) is 6.91. The zero-order valence-corrected chi connectivity index (χ0v) is 16.0. The molecule has 0 aliphatic carbocycles. The van der Waals surface area contributed by atoms with Crippen molar-refractivity contribution in [3.8, 4) is 0 Å². The Kier molecular flexibility index (Phi) is 4.62. The van der Waals surface area contributed by atoms with Crippen molar-refractivity contribution < 1.29 is 32.6 Å². The van der Waals surface area contributed by atoms with E-state index in [1.807, 2.05) is 0 Å². The van der Waals surface area contributed by atoms with Crippen LogP contribution in [0.25, 0.3) is 6.08 Å². The van der Waals surface area contributed by atoms with Gasteiger partial charge in [-0.15, -0.1) is 0 Å². The predicted octanol–water partition coefficient (Wildman–Crippen LogP) is 0.636. The Morgan fingerprint density at radius 3 is 2.61 bits per heavy atom. The monoisotopic (exact) mass is 406 g/mol. The number of hydrogen-bond acceptors (Lipinski definition) is 7. The van der Waals surface area contributed by atoms with Crippen molar-refractivity contribution in [1.29, 1.82) is 0 Å². The van der Waals surface area contributed by atoms with Gasteiger partial charge in [-0.25, -0.2) is 18.0 Å². The van der Waals surface area contributed by atoms with Gasteiger partial charge in [-0.05, 0) is 32.1 Å². The van der Waals surface area contributed by atoms with E-state index in [-0.39, 0.29) is 23.4 Å². The van der Waals surface area contributed by atoms with E-state index in [4.69, 9.17) is 4.74 Å². The third-order valence-corrected chi connectivity index (χ3v) is 7.61. The maximum Gasteiger partial charge on any atom is 0.340 e. The van der Waals surface area contributed by atoms with E-state index in [1.54, 1.807) is 0 Å². The van der Waals surface area contributed by atoms with E-state index in [0.717, 1.165) is 4.90 Å². The third kappa shape index (κ3) is 2.71. The van der Waals surface area contributed by atoms with Gasteiger partial charge in [-0.2, -0.15) is 0 Å². The van der Waals surface area contributed by atoms with Crippen LogP contribution in [0.2, 0.25) is 0 Å². The molecule has 2 aliphatic heterocycles. The number of ether oxygens (including phenoxy) is 1. The number of carbonyl (C=O) groups is 3. The summed E-state index contributed by atoms with van der Waals surface area (Å²) in [7, 11) is -3.95. The quantitative estimate of drug-likeness (QED) is 0.326. The lowest BCUT2D eigenvalue weighted by Gasteiger charge is -2.37. The van der Waals surface area contributed by atoms with Crippen LogP contribution in [0.4, 0.5) is 0 Å². The van der Waals surface area contributed by atoms with Gasteiger partial charge < -0.3 is 14.7 Å². The Labute approximate surface area is 161 Å². The summed E-state index contributed by atoms with van der Waals surface area (Å²) in [5.41, 5.74) is 0.396. The summed E-state index contributed by atoms with van der Waals surface area (Å²) in [4.78, 5) is 40.6. The highest BCUT2D eigenvalue weighted by atomic mass is 32.2. The number of nitrogens with zero attached hydrogens (tertiary/aromatic N) is 2. The largest absolute Gasteiger partial charge is 0.480 e. The number of amides is 1. The van der Waals surface area contributed by atoms with Crippen LogP contribution in [-0.2, 0) is 24.2 Å². The Morgan fingerprint density at radius 1 is 1.39 bits per heavy atom. The Hall–Kier alpha value is -3.01. The topological polar surface area (TPSA) is 131 Å². The van der Waals surface area contributed by atoms with Crippen molar-refractivity contribution in [3.63, 3.8) is 0 Å². The van der Waals surface area contributed by atoms with Crippen molar-refractivity contribution in [2.45, 2.75) is 30.0 Å². The van der Waals surface area contributed by atoms with Gasteiger partial charge in [-0.3, -0.25) is 9.78 Å². The molecule has 1 aromatic heterocycles. The van der Waals surface area contributed by atoms with Crippen LogP contribution in [0.3, 0.4) is 0 Å². The maximum absolute atomic E-state index is 12.8. The van der Waals surface area contributed by atoms with Gasteiger partial charge >= 0.3 is 11.9 Å². The Bertz CT molecular complexity index is 1010. The first-order valence-corrected chi connectivity index (χ1v) is 9.83. The van der Waals surface area contributed by atoms with Gasteiger partial charge in [-0.1, -0.05) is 12.7 Å². The van der Waals surface area contributed by atoms with Crippen molar-refractivity contribution in [2.75, 3.05) is 6.61 Å². The van der Waals surface area contributed by atoms with Crippen LogP contribution in [0.15, 0.2) is 36.6 Å². The summed E-state index contributed by atoms with van der Waals surface area (Å²) in [5, 5.41) is 8.08. The van der Waals surface area contributed by atoms with E-state index < -0.39 is 43.8 Å². The molecule has 0 unspecified atom stereocenters. The molecule has 2 atom stereocenters. The van der Waals surface area contributed by atoms with Crippen LogP contribution in [-0.4, -0.2) is 64.0 Å². The molecule has 2 aliphatic rings. The highest BCUT2D eigenvalue weighted by Crippen LogP contribution is 2.48. The molecule has 9 nitrogen and oxygen atoms in total. The molecule has 0 saturated carbocycles. The molecule has 0 aromatic carbocycles. The lowest BCUT2D eigenvalue weighted by atomic mass is 9.95. The molecule has 10 heteroatoms. The molecule has 2 saturated heterocycles. The van der Waals surface area contributed by atoms with Crippen LogP contribution in [0.5, 0.6) is 0 Å². The van der Waals surface area contributed by atoms with E-state index in [1.165, 1.54) is 44.3 Å². The van der Waals surface area contributed by atoms with E-state index in [2.05, 4.69) is 11.6 Å². The molecule has 3 rings (SSSR count). The molecular formula is C18H18N2O7S. The molecular weight excluding hydrogens is 388 g/mol. The zero-order chi connectivity index (χ0) is 20.9. The molecule has 0 radical (unpaired) electrons. The lowest BCUT2D eigenvalue weighted by Crippen LogP contribution is -2.58. The lowest BCUT2D eigenvalue weighted by molar-refractivity contribution is -0.152. The fourth-order valence-electron chi connectivity index (χ4n) is 3.33. The standard InChI is InChI=1S/C18H18N2O7S/c1-4-7-27-17(24)10-5-6-11(19-9-10)8-12-14(21)20-13(16(22)23)18(2,3)28(25,26)15(12)20/h4-6,8-9,13,15H,1,7H2,2-3H3,(H,22,23)/t13-,15+/m0/s1. The van der Waals surface area contributed by atoms with Gasteiger partial charge in [0.25, 0.3) is 5.91 Å². The number of aromatic nitrogens is 1. The number of carboxylic acid groups (broad SMARTS) is 1. The summed E-state index contributed by atoms with van der Waals surface area (Å²) in [6.45, 7) is 6.08. The van der Waals surface area contributed by atoms with Gasteiger partial charge in [0.05, 0.1) is 16.8 Å². The number of esters is 1. The van der Waals surface area contributed by atoms with Crippen molar-refractivity contribution in [3.05, 3.63) is 47.8 Å². The fourth-order valence-corrected chi connectivity index (χ4v) is 5.45. The smallest absolute Gasteiger partial charge is 0.340 e. The number of carboxylic acids is 1. The summed E-state index contributed by atoms with van der Waals surface area (Å²) in [6.07, 6.45) is 3.96. The highest BCUT2D eigenvalue weighted by molar-refractivity contribution is 7.94. The number of β-lactam (4-membered cyclic amide) rings is 1. The number of pyridine rings is 1. The second-order valence-corrected chi connectivity index (χ2v) is 9.50. The fraction of sp³-hybridized carbons (Fsp3) is 0.333. The number of sulfone groups is 1. The summed E-state index contributed by atoms with van der Waals surface area (Å²) >= 11 is 0. The normalized spacial score (nSPS) is 25.7. The van der Waals surface area contributed by atoms with Crippen LogP contribution in [0, 0.1) is 0 Å². The van der Waals surface area contributed by atoms with Gasteiger partial charge in [0.2, 0.25) is 0 Å². The molecule has 148 valence electrons. The first-order chi connectivity index (χ1) is 13.0. The van der Waals surface area contributed by atoms with E-state index >= 15 is 0 Å². The van der Waals surface area contributed by atoms with Gasteiger partial charge in [0.1, 0.15) is 11.4 Å². The molecule has 0 bridgehead atoms. The molecule has 1 aromatic rings. The maximum atomic E-state index is 12.8. The summed E-state index contributed by atoms with van der Waals surface area (Å²) in [6, 6.07) is 1.41. The van der Waals surface area contributed by atoms with Crippen molar-refractivity contribution in [2.24, 2.45) is 0 Å². The highest BCUT2D eigenvalue weighted by Gasteiger charge is 2.70. The van der Waals surface area contributed by atoms with Crippen LogP contribution in [0.1, 0.15) is 29.9 Å². The Balaban J connectivity index is 1.91. The van der Waals surface area contributed by atoms with Crippen LogP contribution >= 0.6 is 0 Å². The predicted molar refractivity (Wildman–Crippen MR) is 97.8 cm³/mol. The summed E-state index contributed by atoms with van der Waals surface area (Å²) in [5.74, 6) is -2.63. The molecule has 1 amide bonds. The minimum Gasteiger partial charge on any atom is -0.480 e. The number of rotatable bonds is 5. The number of aliphatic carboxylic acids is 1. The van der Waals surface area contributed by atoms with Gasteiger partial charge in [0, 0.05) is 6.20 Å². The molecule has 1 N–H and O–H groups in total.